The minimum Gasteiger partial charge on any atom is -0.481 e. The predicted octanol–water partition coefficient (Wildman–Crippen LogP) is 2.60. The third kappa shape index (κ3) is 2.74. The molecular weight excluding hydrogens is 262 g/mol. The molecule has 0 atom stereocenters. The Hall–Kier alpha value is -1.52. The SMILES string of the molecule is CCc1nn(-c2ccc(Cl)cc2)c(OC)c1CCN. The molecule has 0 bridgehead atoms. The van der Waals surface area contributed by atoms with Gasteiger partial charge in [0.05, 0.1) is 18.5 Å². The van der Waals surface area contributed by atoms with Crippen LogP contribution >= 0.6 is 11.6 Å². The molecule has 0 unspecified atom stereocenters. The average molecular weight is 280 g/mol. The van der Waals surface area contributed by atoms with Gasteiger partial charge in [-0.3, -0.25) is 0 Å². The zero-order valence-corrected chi connectivity index (χ0v) is 11.9. The van der Waals surface area contributed by atoms with Crippen LogP contribution in [0.1, 0.15) is 18.2 Å². The molecule has 0 aliphatic heterocycles. The third-order valence-corrected chi connectivity index (χ3v) is 3.27. The molecule has 0 aliphatic carbocycles. The summed E-state index contributed by atoms with van der Waals surface area (Å²) in [6, 6.07) is 7.52. The van der Waals surface area contributed by atoms with Crippen LogP contribution < -0.4 is 10.5 Å². The molecule has 1 aromatic carbocycles. The molecule has 1 heterocycles. The summed E-state index contributed by atoms with van der Waals surface area (Å²) in [5, 5.41) is 5.31. The van der Waals surface area contributed by atoms with Gasteiger partial charge < -0.3 is 10.5 Å². The van der Waals surface area contributed by atoms with Gasteiger partial charge in [0.1, 0.15) is 0 Å². The van der Waals surface area contributed by atoms with E-state index < -0.39 is 0 Å². The van der Waals surface area contributed by atoms with Gasteiger partial charge in [0.2, 0.25) is 5.88 Å². The Morgan fingerprint density at radius 2 is 2.00 bits per heavy atom. The van der Waals surface area contributed by atoms with Crippen LogP contribution in [0, 0.1) is 0 Å². The fourth-order valence-electron chi connectivity index (χ4n) is 2.12. The van der Waals surface area contributed by atoms with Crippen LogP contribution in [0.5, 0.6) is 5.88 Å². The number of hydrogen-bond donors (Lipinski definition) is 1. The van der Waals surface area contributed by atoms with Crippen LogP contribution in [0.2, 0.25) is 5.02 Å². The van der Waals surface area contributed by atoms with Gasteiger partial charge in [-0.2, -0.15) is 5.10 Å². The van der Waals surface area contributed by atoms with Crippen molar-refractivity contribution in [3.8, 4) is 11.6 Å². The summed E-state index contributed by atoms with van der Waals surface area (Å²) < 4.78 is 7.31. The molecule has 0 aliphatic rings. The maximum atomic E-state index is 5.91. The predicted molar refractivity (Wildman–Crippen MR) is 77.3 cm³/mol. The maximum Gasteiger partial charge on any atom is 0.219 e. The first-order valence-corrected chi connectivity index (χ1v) is 6.69. The van der Waals surface area contributed by atoms with Crippen molar-refractivity contribution in [3.05, 3.63) is 40.5 Å². The highest BCUT2D eigenvalue weighted by molar-refractivity contribution is 6.30. The average Bonchev–Trinajstić information content (AvgIpc) is 2.78. The highest BCUT2D eigenvalue weighted by Gasteiger charge is 2.17. The molecular formula is C14H18ClN3O. The highest BCUT2D eigenvalue weighted by atomic mass is 35.5. The summed E-state index contributed by atoms with van der Waals surface area (Å²) in [4.78, 5) is 0. The topological polar surface area (TPSA) is 53.1 Å². The number of nitrogens with two attached hydrogens (primary N) is 1. The van der Waals surface area contributed by atoms with Crippen LogP contribution in [0.4, 0.5) is 0 Å². The summed E-state index contributed by atoms with van der Waals surface area (Å²) >= 11 is 5.91. The van der Waals surface area contributed by atoms with Gasteiger partial charge in [0, 0.05) is 10.6 Å². The van der Waals surface area contributed by atoms with Crippen molar-refractivity contribution in [2.75, 3.05) is 13.7 Å². The molecule has 4 nitrogen and oxygen atoms in total. The number of ether oxygens (including phenoxy) is 1. The van der Waals surface area contributed by atoms with Crippen molar-refractivity contribution in [1.29, 1.82) is 0 Å². The van der Waals surface area contributed by atoms with Crippen molar-refractivity contribution in [2.24, 2.45) is 5.73 Å². The summed E-state index contributed by atoms with van der Waals surface area (Å²) in [7, 11) is 1.66. The summed E-state index contributed by atoms with van der Waals surface area (Å²) in [6.07, 6.45) is 1.62. The second kappa shape index (κ2) is 6.08. The minimum atomic E-state index is 0.579. The lowest BCUT2D eigenvalue weighted by molar-refractivity contribution is 0.379. The monoisotopic (exact) mass is 279 g/mol. The lowest BCUT2D eigenvalue weighted by Crippen LogP contribution is -2.05. The molecule has 2 aromatic rings. The van der Waals surface area contributed by atoms with Crippen molar-refractivity contribution in [3.63, 3.8) is 0 Å². The molecule has 2 rings (SSSR count). The van der Waals surface area contributed by atoms with Crippen LogP contribution in [-0.2, 0) is 12.8 Å². The number of aromatic nitrogens is 2. The molecule has 0 spiro atoms. The quantitative estimate of drug-likeness (QED) is 0.915. The Morgan fingerprint density at radius 1 is 1.32 bits per heavy atom. The molecule has 0 fully saturated rings. The van der Waals surface area contributed by atoms with E-state index in [1.54, 1.807) is 11.8 Å². The number of rotatable bonds is 5. The molecule has 5 heteroatoms. The first-order valence-electron chi connectivity index (χ1n) is 6.32. The van der Waals surface area contributed by atoms with Gasteiger partial charge in [-0.1, -0.05) is 18.5 Å². The molecule has 1 aromatic heterocycles. The normalized spacial score (nSPS) is 10.7. The van der Waals surface area contributed by atoms with Crippen LogP contribution in [0.15, 0.2) is 24.3 Å². The van der Waals surface area contributed by atoms with E-state index >= 15 is 0 Å². The first kappa shape index (κ1) is 13.9. The van der Waals surface area contributed by atoms with E-state index in [0.29, 0.717) is 11.6 Å². The fraction of sp³-hybridized carbons (Fsp3) is 0.357. The van der Waals surface area contributed by atoms with Crippen molar-refractivity contribution >= 4 is 11.6 Å². The zero-order chi connectivity index (χ0) is 13.8. The van der Waals surface area contributed by atoms with E-state index in [-0.39, 0.29) is 0 Å². The van der Waals surface area contributed by atoms with E-state index in [1.807, 2.05) is 24.3 Å². The standard InChI is InChI=1S/C14H18ClN3O/c1-3-13-12(8-9-16)14(19-2)18(17-13)11-6-4-10(15)5-7-11/h4-7H,3,8-9,16H2,1-2H3. The van der Waals surface area contributed by atoms with Gasteiger partial charge >= 0.3 is 0 Å². The summed E-state index contributed by atoms with van der Waals surface area (Å²) in [5.74, 6) is 0.754. The van der Waals surface area contributed by atoms with E-state index in [1.165, 1.54) is 0 Å². The number of benzene rings is 1. The van der Waals surface area contributed by atoms with Crippen molar-refractivity contribution < 1.29 is 4.74 Å². The Balaban J connectivity index is 2.53. The van der Waals surface area contributed by atoms with Gasteiger partial charge in [0.15, 0.2) is 0 Å². The number of aryl methyl sites for hydroxylation is 1. The maximum absolute atomic E-state index is 5.91. The van der Waals surface area contributed by atoms with E-state index in [4.69, 9.17) is 22.1 Å². The van der Waals surface area contributed by atoms with Gasteiger partial charge in [-0.25, -0.2) is 4.68 Å². The number of hydrogen-bond acceptors (Lipinski definition) is 3. The van der Waals surface area contributed by atoms with E-state index in [9.17, 15) is 0 Å². The minimum absolute atomic E-state index is 0.579. The Kier molecular flexibility index (Phi) is 4.45. The van der Waals surface area contributed by atoms with Crippen molar-refractivity contribution in [1.82, 2.24) is 9.78 Å². The molecule has 0 saturated carbocycles. The number of halogens is 1. The smallest absolute Gasteiger partial charge is 0.219 e. The Morgan fingerprint density at radius 3 is 2.53 bits per heavy atom. The largest absolute Gasteiger partial charge is 0.481 e. The first-order chi connectivity index (χ1) is 9.21. The molecule has 0 saturated heterocycles. The molecule has 0 radical (unpaired) electrons. The fourth-order valence-corrected chi connectivity index (χ4v) is 2.25. The zero-order valence-electron chi connectivity index (χ0n) is 11.2. The Bertz CT molecular complexity index is 549. The Labute approximate surface area is 118 Å². The lowest BCUT2D eigenvalue weighted by Gasteiger charge is -2.07. The van der Waals surface area contributed by atoms with E-state index in [2.05, 4.69) is 12.0 Å². The van der Waals surface area contributed by atoms with Gasteiger partial charge in [0.25, 0.3) is 0 Å². The van der Waals surface area contributed by atoms with Crippen molar-refractivity contribution in [2.45, 2.75) is 19.8 Å². The molecule has 0 amide bonds. The summed E-state index contributed by atoms with van der Waals surface area (Å²) in [6.45, 7) is 2.66. The van der Waals surface area contributed by atoms with Gasteiger partial charge in [-0.05, 0) is 43.7 Å². The lowest BCUT2D eigenvalue weighted by atomic mass is 10.1. The second-order valence-electron chi connectivity index (χ2n) is 4.21. The second-order valence-corrected chi connectivity index (χ2v) is 4.65. The van der Waals surface area contributed by atoms with E-state index in [0.717, 1.165) is 35.7 Å². The molecule has 102 valence electrons. The third-order valence-electron chi connectivity index (χ3n) is 3.01. The van der Waals surface area contributed by atoms with Crippen LogP contribution in [0.25, 0.3) is 5.69 Å². The summed E-state index contributed by atoms with van der Waals surface area (Å²) in [5.41, 5.74) is 8.71. The number of methoxy groups -OCH3 is 1. The molecule has 2 N–H and O–H groups in total. The van der Waals surface area contributed by atoms with Crippen LogP contribution in [0.3, 0.4) is 0 Å². The number of nitrogens with zero attached hydrogens (tertiary/aromatic N) is 2. The van der Waals surface area contributed by atoms with Gasteiger partial charge in [-0.15, -0.1) is 0 Å². The molecule has 19 heavy (non-hydrogen) atoms. The van der Waals surface area contributed by atoms with Crippen LogP contribution in [-0.4, -0.2) is 23.4 Å². The highest BCUT2D eigenvalue weighted by Crippen LogP contribution is 2.27.